The summed E-state index contributed by atoms with van der Waals surface area (Å²) in [5.74, 6) is -2.10. The summed E-state index contributed by atoms with van der Waals surface area (Å²) >= 11 is 0. The highest BCUT2D eigenvalue weighted by Crippen LogP contribution is 2.50. The molecule has 0 saturated heterocycles. The van der Waals surface area contributed by atoms with Gasteiger partial charge < -0.3 is 15.0 Å². The van der Waals surface area contributed by atoms with Gasteiger partial charge in [0.1, 0.15) is 11.5 Å². The van der Waals surface area contributed by atoms with Gasteiger partial charge in [0, 0.05) is 24.1 Å². The first-order valence-electron chi connectivity index (χ1n) is 10.9. The second-order valence-electron chi connectivity index (χ2n) is 8.14. The molecule has 3 aromatic carbocycles. The van der Waals surface area contributed by atoms with Crippen molar-refractivity contribution in [3.05, 3.63) is 107 Å². The fourth-order valence-electron chi connectivity index (χ4n) is 4.58. The average molecular weight is 456 g/mol. The smallest absolute Gasteiger partial charge is 0.356 e. The summed E-state index contributed by atoms with van der Waals surface area (Å²) in [7, 11) is 0. The van der Waals surface area contributed by atoms with E-state index in [-0.39, 0.29) is 18.0 Å². The van der Waals surface area contributed by atoms with Crippen molar-refractivity contribution in [2.75, 3.05) is 11.4 Å². The molecule has 2 heterocycles. The van der Waals surface area contributed by atoms with E-state index >= 15 is 0 Å². The highest BCUT2D eigenvalue weighted by molar-refractivity contribution is 6.13. The Morgan fingerprint density at radius 1 is 1.00 bits per heavy atom. The van der Waals surface area contributed by atoms with Gasteiger partial charge in [-0.1, -0.05) is 48.5 Å². The molecule has 5 rings (SSSR count). The zero-order chi connectivity index (χ0) is 23.9. The van der Waals surface area contributed by atoms with Crippen LogP contribution < -0.4 is 10.2 Å². The molecule has 0 fully saturated rings. The van der Waals surface area contributed by atoms with E-state index in [4.69, 9.17) is 4.74 Å². The van der Waals surface area contributed by atoms with E-state index in [1.165, 1.54) is 24.3 Å². The lowest BCUT2D eigenvalue weighted by molar-refractivity contribution is -0.165. The van der Waals surface area contributed by atoms with Crippen molar-refractivity contribution in [3.8, 4) is 0 Å². The maximum absolute atomic E-state index is 13.7. The van der Waals surface area contributed by atoms with E-state index in [0.29, 0.717) is 34.5 Å². The summed E-state index contributed by atoms with van der Waals surface area (Å²) < 4.78 is 19.5. The second kappa shape index (κ2) is 8.26. The molecule has 0 aromatic heterocycles. The van der Waals surface area contributed by atoms with Crippen LogP contribution in [-0.4, -0.2) is 24.3 Å². The van der Waals surface area contributed by atoms with Crippen molar-refractivity contribution < 1.29 is 23.5 Å². The zero-order valence-corrected chi connectivity index (χ0v) is 18.4. The monoisotopic (exact) mass is 456 g/mol. The van der Waals surface area contributed by atoms with Crippen LogP contribution in [0.5, 0.6) is 0 Å². The van der Waals surface area contributed by atoms with Gasteiger partial charge >= 0.3 is 5.97 Å². The van der Waals surface area contributed by atoms with Crippen LogP contribution in [0, 0.1) is 5.82 Å². The van der Waals surface area contributed by atoms with Crippen LogP contribution in [0.4, 0.5) is 10.1 Å². The Balaban J connectivity index is 1.65. The highest BCUT2D eigenvalue weighted by Gasteiger charge is 2.57. The summed E-state index contributed by atoms with van der Waals surface area (Å²) in [5, 5.41) is 2.67. The molecule has 2 aliphatic rings. The minimum absolute atomic E-state index is 0.00111. The molecule has 0 saturated carbocycles. The molecule has 1 N–H and O–H groups in total. The number of carbonyl (C=O) groups excluding carboxylic acids is 3. The van der Waals surface area contributed by atoms with Gasteiger partial charge in [0.25, 0.3) is 11.8 Å². The molecule has 2 amide bonds. The second-order valence-corrected chi connectivity index (χ2v) is 8.14. The standard InChI is InChI=1S/C27H21FN2O4/c1-2-30-22-11-7-6-10-21(22)27(26(30)33)16-20(17-12-14-19(28)15-13-17)23(25(32)34-27)29-24(31)18-8-4-3-5-9-18/h3-15H,2,16H2,1H3,(H,29,31)/t27-/m1/s1. The Hall–Kier alpha value is -4.26. The molecular weight excluding hydrogens is 435 g/mol. The summed E-state index contributed by atoms with van der Waals surface area (Å²) in [6.45, 7) is 2.25. The van der Waals surface area contributed by atoms with E-state index in [2.05, 4.69) is 5.32 Å². The van der Waals surface area contributed by atoms with Crippen molar-refractivity contribution in [2.24, 2.45) is 0 Å². The Bertz CT molecular complexity index is 1330. The Morgan fingerprint density at radius 3 is 2.38 bits per heavy atom. The minimum Gasteiger partial charge on any atom is -0.439 e. The van der Waals surface area contributed by atoms with Crippen molar-refractivity contribution in [1.82, 2.24) is 5.32 Å². The van der Waals surface area contributed by atoms with E-state index in [0.717, 1.165) is 0 Å². The number of hydrogen-bond acceptors (Lipinski definition) is 4. The van der Waals surface area contributed by atoms with Gasteiger partial charge in [-0.25, -0.2) is 9.18 Å². The van der Waals surface area contributed by atoms with E-state index in [1.807, 2.05) is 19.1 Å². The number of nitrogens with one attached hydrogen (secondary N) is 1. The number of amides is 2. The third-order valence-corrected chi connectivity index (χ3v) is 6.20. The summed E-state index contributed by atoms with van der Waals surface area (Å²) in [5.41, 5.74) is 0.921. The summed E-state index contributed by atoms with van der Waals surface area (Å²) in [6, 6.07) is 21.2. The molecule has 7 heteroatoms. The molecule has 0 bridgehead atoms. The van der Waals surface area contributed by atoms with Crippen LogP contribution in [0.15, 0.2) is 84.6 Å². The molecule has 2 aliphatic heterocycles. The van der Waals surface area contributed by atoms with Crippen molar-refractivity contribution >= 4 is 29.0 Å². The van der Waals surface area contributed by atoms with Crippen LogP contribution in [0.2, 0.25) is 0 Å². The first kappa shape index (κ1) is 21.6. The SMILES string of the molecule is CCN1C(=O)[C@@]2(CC(c3ccc(F)cc3)=C(NC(=O)c3ccccc3)C(=O)O2)c2ccccc21. The largest absolute Gasteiger partial charge is 0.439 e. The summed E-state index contributed by atoms with van der Waals surface area (Å²) in [4.78, 5) is 41.4. The molecular formula is C27H21FN2O4. The Labute approximate surface area is 195 Å². The highest BCUT2D eigenvalue weighted by atomic mass is 19.1. The number of anilines is 1. The number of fused-ring (bicyclic) bond motifs is 2. The first-order valence-corrected chi connectivity index (χ1v) is 10.9. The quantitative estimate of drug-likeness (QED) is 0.598. The number of carbonyl (C=O) groups is 3. The predicted octanol–water partition coefficient (Wildman–Crippen LogP) is 4.18. The number of likely N-dealkylation sites (N-methyl/N-ethyl adjacent to an activating group) is 1. The van der Waals surface area contributed by atoms with Gasteiger partial charge in [0.05, 0.1) is 5.69 Å². The maximum atomic E-state index is 13.7. The molecule has 1 spiro atoms. The van der Waals surface area contributed by atoms with Crippen molar-refractivity contribution in [1.29, 1.82) is 0 Å². The van der Waals surface area contributed by atoms with Gasteiger partial charge in [-0.3, -0.25) is 9.59 Å². The van der Waals surface area contributed by atoms with Gasteiger partial charge in [0.2, 0.25) is 5.60 Å². The number of esters is 1. The molecule has 0 unspecified atom stereocenters. The third kappa shape index (κ3) is 3.37. The number of hydrogen-bond donors (Lipinski definition) is 1. The summed E-state index contributed by atoms with van der Waals surface area (Å²) in [6.07, 6.45) is 0.00111. The van der Waals surface area contributed by atoms with Gasteiger partial charge in [-0.2, -0.15) is 0 Å². The maximum Gasteiger partial charge on any atom is 0.356 e. The van der Waals surface area contributed by atoms with Crippen LogP contribution in [0.25, 0.3) is 5.57 Å². The fraction of sp³-hybridized carbons (Fsp3) is 0.148. The lowest BCUT2D eigenvalue weighted by atomic mass is 9.82. The van der Waals surface area contributed by atoms with Crippen LogP contribution >= 0.6 is 0 Å². The normalized spacial score (nSPS) is 19.3. The molecule has 170 valence electrons. The molecule has 1 atom stereocenters. The van der Waals surface area contributed by atoms with Crippen LogP contribution in [0.1, 0.15) is 34.8 Å². The van der Waals surface area contributed by atoms with Crippen molar-refractivity contribution in [3.63, 3.8) is 0 Å². The van der Waals surface area contributed by atoms with Gasteiger partial charge in [-0.15, -0.1) is 0 Å². The molecule has 0 aliphatic carbocycles. The minimum atomic E-state index is -1.56. The molecule has 3 aromatic rings. The van der Waals surface area contributed by atoms with Gasteiger partial charge in [-0.05, 0) is 48.4 Å². The lowest BCUT2D eigenvalue weighted by Gasteiger charge is -2.35. The number of halogens is 1. The van der Waals surface area contributed by atoms with Crippen molar-refractivity contribution in [2.45, 2.75) is 18.9 Å². The molecule has 0 radical (unpaired) electrons. The number of rotatable bonds is 4. The third-order valence-electron chi connectivity index (χ3n) is 6.20. The average Bonchev–Trinajstić information content (AvgIpc) is 3.08. The van der Waals surface area contributed by atoms with E-state index < -0.39 is 23.3 Å². The first-order chi connectivity index (χ1) is 16.4. The number of nitrogens with zero attached hydrogens (tertiary/aromatic N) is 1. The topological polar surface area (TPSA) is 75.7 Å². The fourth-order valence-corrected chi connectivity index (χ4v) is 4.58. The Morgan fingerprint density at radius 2 is 1.68 bits per heavy atom. The van der Waals surface area contributed by atoms with E-state index in [9.17, 15) is 18.8 Å². The number of benzene rings is 3. The van der Waals surface area contributed by atoms with Crippen LogP contribution in [-0.2, 0) is 19.9 Å². The Kier molecular flexibility index (Phi) is 5.24. The van der Waals surface area contributed by atoms with Gasteiger partial charge in [0.15, 0.2) is 0 Å². The number of para-hydroxylation sites is 1. The molecule has 6 nitrogen and oxygen atoms in total. The molecule has 34 heavy (non-hydrogen) atoms. The van der Waals surface area contributed by atoms with E-state index in [1.54, 1.807) is 47.4 Å². The predicted molar refractivity (Wildman–Crippen MR) is 124 cm³/mol. The lowest BCUT2D eigenvalue weighted by Crippen LogP contribution is -2.48. The number of ether oxygens (including phenoxy) is 1. The zero-order valence-electron chi connectivity index (χ0n) is 18.4. The van der Waals surface area contributed by atoms with Crippen LogP contribution in [0.3, 0.4) is 0 Å².